The topological polar surface area (TPSA) is 81.3 Å². The molecule has 1 aromatic heterocycles. The molecule has 2 aromatic rings. The molecule has 7 nitrogen and oxygen atoms in total. The monoisotopic (exact) mass is 395 g/mol. The van der Waals surface area contributed by atoms with Gasteiger partial charge in [-0.25, -0.2) is 4.98 Å². The molecule has 7 heteroatoms. The molecule has 2 amide bonds. The molecule has 2 N–H and O–H groups in total. The van der Waals surface area contributed by atoms with Gasteiger partial charge in [-0.05, 0) is 36.4 Å². The summed E-state index contributed by atoms with van der Waals surface area (Å²) in [6.07, 6.45) is 6.75. The number of carbonyl (C=O) groups excluding carboxylic acids is 2. The van der Waals surface area contributed by atoms with E-state index in [0.29, 0.717) is 38.4 Å². The lowest BCUT2D eigenvalue weighted by Gasteiger charge is -2.19. The molecule has 1 aromatic carbocycles. The number of benzene rings is 1. The fraction of sp³-hybridized carbons (Fsp3) is 0.500. The SMILES string of the molecule is O=C1CCN(C(=O)Cc2ccc(CC3CCN(Cc4ncc[nH]4)C3)cc2)CCN1. The zero-order valence-corrected chi connectivity index (χ0v) is 16.8. The Labute approximate surface area is 171 Å². The van der Waals surface area contributed by atoms with Crippen LogP contribution < -0.4 is 5.32 Å². The number of nitrogens with one attached hydrogen (secondary N) is 2. The zero-order valence-electron chi connectivity index (χ0n) is 16.8. The number of aromatic nitrogens is 2. The molecule has 0 saturated carbocycles. The van der Waals surface area contributed by atoms with Gasteiger partial charge in [0.05, 0.1) is 13.0 Å². The van der Waals surface area contributed by atoms with Crippen molar-refractivity contribution in [2.24, 2.45) is 5.92 Å². The Balaban J connectivity index is 1.25. The van der Waals surface area contributed by atoms with Crippen molar-refractivity contribution in [1.29, 1.82) is 0 Å². The summed E-state index contributed by atoms with van der Waals surface area (Å²) in [4.78, 5) is 35.7. The van der Waals surface area contributed by atoms with Crippen LogP contribution >= 0.6 is 0 Å². The van der Waals surface area contributed by atoms with E-state index in [0.717, 1.165) is 37.4 Å². The molecule has 4 rings (SSSR count). The molecule has 1 atom stereocenters. The van der Waals surface area contributed by atoms with Gasteiger partial charge in [0.1, 0.15) is 5.82 Å². The second-order valence-corrected chi connectivity index (χ2v) is 8.10. The van der Waals surface area contributed by atoms with Gasteiger partial charge < -0.3 is 15.2 Å². The fourth-order valence-electron chi connectivity index (χ4n) is 4.25. The summed E-state index contributed by atoms with van der Waals surface area (Å²) >= 11 is 0. The number of nitrogens with zero attached hydrogens (tertiary/aromatic N) is 3. The van der Waals surface area contributed by atoms with Gasteiger partial charge in [0, 0.05) is 45.0 Å². The molecule has 0 bridgehead atoms. The third-order valence-electron chi connectivity index (χ3n) is 5.87. The number of hydrogen-bond donors (Lipinski definition) is 2. The van der Waals surface area contributed by atoms with Crippen LogP contribution in [-0.4, -0.2) is 64.3 Å². The summed E-state index contributed by atoms with van der Waals surface area (Å²) in [5.41, 5.74) is 2.36. The number of carbonyl (C=O) groups is 2. The van der Waals surface area contributed by atoms with Gasteiger partial charge in [-0.3, -0.25) is 14.5 Å². The van der Waals surface area contributed by atoms with Gasteiger partial charge in [-0.2, -0.15) is 0 Å². The number of H-pyrrole nitrogens is 1. The molecule has 154 valence electrons. The predicted octanol–water partition coefficient (Wildman–Crippen LogP) is 1.37. The zero-order chi connectivity index (χ0) is 20.1. The van der Waals surface area contributed by atoms with Crippen LogP contribution in [0.3, 0.4) is 0 Å². The minimum atomic E-state index is 0.0271. The molecule has 0 radical (unpaired) electrons. The van der Waals surface area contributed by atoms with E-state index in [4.69, 9.17) is 0 Å². The Bertz CT molecular complexity index is 818. The Morgan fingerprint density at radius 3 is 2.76 bits per heavy atom. The lowest BCUT2D eigenvalue weighted by molar-refractivity contribution is -0.130. The first kappa shape index (κ1) is 19.6. The molecule has 0 spiro atoms. The summed E-state index contributed by atoms with van der Waals surface area (Å²) in [7, 11) is 0. The van der Waals surface area contributed by atoms with Gasteiger partial charge in [-0.15, -0.1) is 0 Å². The predicted molar refractivity (Wildman–Crippen MR) is 110 cm³/mol. The fourth-order valence-corrected chi connectivity index (χ4v) is 4.25. The quantitative estimate of drug-likeness (QED) is 0.774. The summed E-state index contributed by atoms with van der Waals surface area (Å²) < 4.78 is 0. The van der Waals surface area contributed by atoms with E-state index in [2.05, 4.69) is 44.5 Å². The van der Waals surface area contributed by atoms with Crippen LogP contribution in [0.1, 0.15) is 29.8 Å². The smallest absolute Gasteiger partial charge is 0.227 e. The minimum absolute atomic E-state index is 0.0271. The van der Waals surface area contributed by atoms with E-state index >= 15 is 0 Å². The summed E-state index contributed by atoms with van der Waals surface area (Å²) in [6, 6.07) is 8.46. The average molecular weight is 396 g/mol. The van der Waals surface area contributed by atoms with E-state index in [1.54, 1.807) is 11.1 Å². The van der Waals surface area contributed by atoms with Crippen molar-refractivity contribution in [3.8, 4) is 0 Å². The number of rotatable bonds is 6. The van der Waals surface area contributed by atoms with E-state index < -0.39 is 0 Å². The highest BCUT2D eigenvalue weighted by molar-refractivity contribution is 5.81. The standard InChI is InChI=1S/C22H29N5O2/c28-21-6-11-27(12-9-25-21)22(29)14-18-3-1-17(2-4-18)13-19-5-10-26(15-19)16-20-23-7-8-24-20/h1-4,7-8,19H,5-6,9-16H2,(H,23,24)(H,25,28). The minimum Gasteiger partial charge on any atom is -0.354 e. The Kier molecular flexibility index (Phi) is 6.24. The van der Waals surface area contributed by atoms with Crippen LogP contribution in [0.2, 0.25) is 0 Å². The number of likely N-dealkylation sites (tertiary alicyclic amines) is 1. The highest BCUT2D eigenvalue weighted by Crippen LogP contribution is 2.22. The molecule has 2 aliphatic heterocycles. The first-order valence-corrected chi connectivity index (χ1v) is 10.5. The third kappa shape index (κ3) is 5.44. The van der Waals surface area contributed by atoms with E-state index in [1.165, 1.54) is 12.0 Å². The average Bonchev–Trinajstić information content (AvgIpc) is 3.33. The molecule has 3 heterocycles. The lowest BCUT2D eigenvalue weighted by atomic mass is 9.97. The molecule has 29 heavy (non-hydrogen) atoms. The largest absolute Gasteiger partial charge is 0.354 e. The van der Waals surface area contributed by atoms with Gasteiger partial charge in [-0.1, -0.05) is 24.3 Å². The van der Waals surface area contributed by atoms with Crippen LogP contribution in [0.15, 0.2) is 36.7 Å². The van der Waals surface area contributed by atoms with Crippen molar-refractivity contribution in [3.05, 3.63) is 53.6 Å². The van der Waals surface area contributed by atoms with Crippen molar-refractivity contribution >= 4 is 11.8 Å². The summed E-state index contributed by atoms with van der Waals surface area (Å²) in [5.74, 6) is 1.82. The van der Waals surface area contributed by atoms with Crippen molar-refractivity contribution in [2.75, 3.05) is 32.7 Å². The first-order chi connectivity index (χ1) is 14.2. The van der Waals surface area contributed by atoms with Crippen LogP contribution in [0.4, 0.5) is 0 Å². The van der Waals surface area contributed by atoms with Crippen LogP contribution in [0.5, 0.6) is 0 Å². The Hall–Kier alpha value is -2.67. The summed E-state index contributed by atoms with van der Waals surface area (Å²) in [5, 5.41) is 2.81. The molecule has 2 saturated heterocycles. The van der Waals surface area contributed by atoms with Crippen LogP contribution in [0, 0.1) is 5.92 Å². The van der Waals surface area contributed by atoms with Crippen molar-refractivity contribution in [1.82, 2.24) is 25.1 Å². The van der Waals surface area contributed by atoms with Gasteiger partial charge in [0.15, 0.2) is 0 Å². The van der Waals surface area contributed by atoms with Gasteiger partial charge in [0.2, 0.25) is 11.8 Å². The first-order valence-electron chi connectivity index (χ1n) is 10.5. The molecule has 2 fully saturated rings. The Morgan fingerprint density at radius 1 is 1.14 bits per heavy atom. The maximum absolute atomic E-state index is 12.5. The number of hydrogen-bond acceptors (Lipinski definition) is 4. The third-order valence-corrected chi connectivity index (χ3v) is 5.87. The maximum Gasteiger partial charge on any atom is 0.227 e. The van der Waals surface area contributed by atoms with E-state index in [-0.39, 0.29) is 11.8 Å². The van der Waals surface area contributed by atoms with E-state index in [1.807, 2.05) is 6.20 Å². The van der Waals surface area contributed by atoms with E-state index in [9.17, 15) is 9.59 Å². The van der Waals surface area contributed by atoms with Gasteiger partial charge in [0.25, 0.3) is 0 Å². The highest BCUT2D eigenvalue weighted by atomic mass is 16.2. The molecular weight excluding hydrogens is 366 g/mol. The second-order valence-electron chi connectivity index (χ2n) is 8.10. The molecule has 2 aliphatic rings. The number of amides is 2. The molecule has 0 aliphatic carbocycles. The van der Waals surface area contributed by atoms with Crippen LogP contribution in [0.25, 0.3) is 0 Å². The van der Waals surface area contributed by atoms with Crippen LogP contribution in [-0.2, 0) is 29.0 Å². The second kappa shape index (κ2) is 9.22. The number of imidazole rings is 1. The van der Waals surface area contributed by atoms with Crippen molar-refractivity contribution in [3.63, 3.8) is 0 Å². The van der Waals surface area contributed by atoms with Gasteiger partial charge >= 0.3 is 0 Å². The highest BCUT2D eigenvalue weighted by Gasteiger charge is 2.23. The molecule has 1 unspecified atom stereocenters. The maximum atomic E-state index is 12.5. The Morgan fingerprint density at radius 2 is 1.97 bits per heavy atom. The lowest BCUT2D eigenvalue weighted by Crippen LogP contribution is -2.35. The number of aromatic amines is 1. The van der Waals surface area contributed by atoms with Crippen molar-refractivity contribution in [2.45, 2.75) is 32.2 Å². The molecular formula is C22H29N5O2. The van der Waals surface area contributed by atoms with Crippen molar-refractivity contribution < 1.29 is 9.59 Å². The normalized spacial score (nSPS) is 20.5. The summed E-state index contributed by atoms with van der Waals surface area (Å²) in [6.45, 7) is 4.76.